The van der Waals surface area contributed by atoms with Gasteiger partial charge in [-0.25, -0.2) is 0 Å². The normalized spacial score (nSPS) is 12.0. The fraction of sp³-hybridized carbons (Fsp3) is 0.467. The molecule has 0 aliphatic rings. The molecule has 0 radical (unpaired) electrons. The molecule has 1 unspecified atom stereocenters. The lowest BCUT2D eigenvalue weighted by Gasteiger charge is -2.12. The van der Waals surface area contributed by atoms with Gasteiger partial charge in [0.2, 0.25) is 0 Å². The van der Waals surface area contributed by atoms with Crippen molar-refractivity contribution in [2.45, 2.75) is 20.0 Å². The molecular formula is C15H21NO. The minimum absolute atomic E-state index is 0.511. The van der Waals surface area contributed by atoms with Gasteiger partial charge in [-0.3, -0.25) is 0 Å². The number of hydrogen-bond donors (Lipinski definition) is 1. The van der Waals surface area contributed by atoms with Gasteiger partial charge in [0.1, 0.15) is 0 Å². The largest absolute Gasteiger partial charge is 0.376 e. The number of ether oxygens (including phenoxy) is 1. The van der Waals surface area contributed by atoms with Crippen molar-refractivity contribution in [2.75, 3.05) is 19.7 Å². The fourth-order valence-corrected chi connectivity index (χ4v) is 1.52. The van der Waals surface area contributed by atoms with Crippen LogP contribution in [-0.2, 0) is 11.3 Å². The maximum Gasteiger partial charge on any atom is 0.0717 e. The van der Waals surface area contributed by atoms with E-state index < -0.39 is 0 Å². The maximum absolute atomic E-state index is 5.66. The van der Waals surface area contributed by atoms with Crippen molar-refractivity contribution in [3.05, 3.63) is 35.9 Å². The summed E-state index contributed by atoms with van der Waals surface area (Å²) in [7, 11) is 0. The third-order valence-electron chi connectivity index (χ3n) is 2.45. The van der Waals surface area contributed by atoms with Crippen LogP contribution in [0, 0.1) is 18.3 Å². The summed E-state index contributed by atoms with van der Waals surface area (Å²) in [6.45, 7) is 5.48. The van der Waals surface area contributed by atoms with Crippen LogP contribution in [0.15, 0.2) is 30.3 Å². The standard InChI is InChI=1S/C15H21NO/c1-3-4-10-16-11-14(2)12-17-13-15-8-6-5-7-9-15/h1,5-9,14,16H,4,10-13H2,2H3. The molecule has 0 saturated carbocycles. The van der Waals surface area contributed by atoms with Crippen molar-refractivity contribution in [1.29, 1.82) is 0 Å². The SMILES string of the molecule is C#CCCNCC(C)COCc1ccccc1. The highest BCUT2D eigenvalue weighted by Gasteiger charge is 2.01. The third-order valence-corrected chi connectivity index (χ3v) is 2.45. The first kappa shape index (κ1) is 13.8. The Kier molecular flexibility index (Phi) is 7.13. The minimum Gasteiger partial charge on any atom is -0.376 e. The molecule has 0 aromatic heterocycles. The Balaban J connectivity index is 2.04. The Bertz CT molecular complexity index is 329. The Labute approximate surface area is 104 Å². The van der Waals surface area contributed by atoms with Gasteiger partial charge < -0.3 is 10.1 Å². The molecule has 2 nitrogen and oxygen atoms in total. The van der Waals surface area contributed by atoms with Crippen LogP contribution in [0.2, 0.25) is 0 Å². The molecular weight excluding hydrogens is 210 g/mol. The topological polar surface area (TPSA) is 21.3 Å². The molecule has 0 amide bonds. The van der Waals surface area contributed by atoms with Gasteiger partial charge in [0, 0.05) is 13.0 Å². The summed E-state index contributed by atoms with van der Waals surface area (Å²) in [5.74, 6) is 3.12. The van der Waals surface area contributed by atoms with E-state index in [0.29, 0.717) is 12.5 Å². The molecule has 0 saturated heterocycles. The van der Waals surface area contributed by atoms with E-state index in [4.69, 9.17) is 11.2 Å². The van der Waals surface area contributed by atoms with E-state index in [1.807, 2.05) is 18.2 Å². The molecule has 1 rings (SSSR count). The van der Waals surface area contributed by atoms with Gasteiger partial charge in [0.05, 0.1) is 13.2 Å². The molecule has 1 aromatic rings. The van der Waals surface area contributed by atoms with Gasteiger partial charge in [0.25, 0.3) is 0 Å². The summed E-state index contributed by atoms with van der Waals surface area (Å²) in [4.78, 5) is 0. The molecule has 1 atom stereocenters. The molecule has 92 valence electrons. The Morgan fingerprint density at radius 2 is 2.12 bits per heavy atom. The lowest BCUT2D eigenvalue weighted by Crippen LogP contribution is -2.24. The fourth-order valence-electron chi connectivity index (χ4n) is 1.52. The lowest BCUT2D eigenvalue weighted by molar-refractivity contribution is 0.0919. The first-order valence-corrected chi connectivity index (χ1v) is 6.08. The van der Waals surface area contributed by atoms with E-state index in [1.165, 1.54) is 5.56 Å². The zero-order valence-electron chi connectivity index (χ0n) is 10.5. The molecule has 0 aliphatic heterocycles. The molecule has 0 spiro atoms. The number of benzene rings is 1. The average molecular weight is 231 g/mol. The second-order valence-corrected chi connectivity index (χ2v) is 4.26. The molecule has 0 fully saturated rings. The zero-order chi connectivity index (χ0) is 12.3. The highest BCUT2D eigenvalue weighted by Crippen LogP contribution is 2.02. The van der Waals surface area contributed by atoms with Crippen LogP contribution in [0.5, 0.6) is 0 Å². The molecule has 0 bridgehead atoms. The molecule has 1 aromatic carbocycles. The molecule has 0 heterocycles. The van der Waals surface area contributed by atoms with Crippen LogP contribution in [-0.4, -0.2) is 19.7 Å². The first-order valence-electron chi connectivity index (χ1n) is 6.08. The van der Waals surface area contributed by atoms with E-state index in [9.17, 15) is 0 Å². The van der Waals surface area contributed by atoms with E-state index in [1.54, 1.807) is 0 Å². The smallest absolute Gasteiger partial charge is 0.0717 e. The maximum atomic E-state index is 5.66. The third kappa shape index (κ3) is 6.78. The van der Waals surface area contributed by atoms with Gasteiger partial charge in [-0.05, 0) is 18.0 Å². The van der Waals surface area contributed by atoms with E-state index in [2.05, 4.69) is 30.3 Å². The number of nitrogens with one attached hydrogen (secondary N) is 1. The van der Waals surface area contributed by atoms with Crippen LogP contribution in [0.1, 0.15) is 18.9 Å². The highest BCUT2D eigenvalue weighted by molar-refractivity contribution is 5.13. The summed E-state index contributed by atoms with van der Waals surface area (Å²) >= 11 is 0. The quantitative estimate of drug-likeness (QED) is 0.548. The molecule has 1 N–H and O–H groups in total. The summed E-state index contributed by atoms with van der Waals surface area (Å²) in [5, 5.41) is 3.31. The van der Waals surface area contributed by atoms with Crippen molar-refractivity contribution in [3.8, 4) is 12.3 Å². The summed E-state index contributed by atoms with van der Waals surface area (Å²) in [6, 6.07) is 10.2. The summed E-state index contributed by atoms with van der Waals surface area (Å²) in [5.41, 5.74) is 1.22. The van der Waals surface area contributed by atoms with Crippen molar-refractivity contribution >= 4 is 0 Å². The van der Waals surface area contributed by atoms with E-state index in [0.717, 1.165) is 26.1 Å². The molecule has 2 heteroatoms. The first-order chi connectivity index (χ1) is 8.33. The minimum atomic E-state index is 0.511. The van der Waals surface area contributed by atoms with Gasteiger partial charge in [-0.2, -0.15) is 0 Å². The lowest BCUT2D eigenvalue weighted by atomic mass is 10.2. The van der Waals surface area contributed by atoms with Gasteiger partial charge >= 0.3 is 0 Å². The van der Waals surface area contributed by atoms with Crippen LogP contribution in [0.3, 0.4) is 0 Å². The van der Waals surface area contributed by atoms with E-state index in [-0.39, 0.29) is 0 Å². The van der Waals surface area contributed by atoms with Crippen molar-refractivity contribution < 1.29 is 4.74 Å². The highest BCUT2D eigenvalue weighted by atomic mass is 16.5. The van der Waals surface area contributed by atoms with Gasteiger partial charge in [-0.1, -0.05) is 37.3 Å². The van der Waals surface area contributed by atoms with Crippen LogP contribution >= 0.6 is 0 Å². The van der Waals surface area contributed by atoms with Crippen LogP contribution in [0.4, 0.5) is 0 Å². The second kappa shape index (κ2) is 8.81. The van der Waals surface area contributed by atoms with Crippen LogP contribution in [0.25, 0.3) is 0 Å². The van der Waals surface area contributed by atoms with Crippen molar-refractivity contribution in [1.82, 2.24) is 5.32 Å². The zero-order valence-corrected chi connectivity index (χ0v) is 10.5. The molecule has 0 aliphatic carbocycles. The van der Waals surface area contributed by atoms with Gasteiger partial charge in [-0.15, -0.1) is 12.3 Å². The Morgan fingerprint density at radius 1 is 1.35 bits per heavy atom. The predicted molar refractivity (Wildman–Crippen MR) is 71.6 cm³/mol. The van der Waals surface area contributed by atoms with Gasteiger partial charge in [0.15, 0.2) is 0 Å². The number of terminal acetylenes is 1. The summed E-state index contributed by atoms with van der Waals surface area (Å²) in [6.07, 6.45) is 5.96. The molecule has 17 heavy (non-hydrogen) atoms. The van der Waals surface area contributed by atoms with Crippen molar-refractivity contribution in [3.63, 3.8) is 0 Å². The summed E-state index contributed by atoms with van der Waals surface area (Å²) < 4.78 is 5.66. The van der Waals surface area contributed by atoms with Crippen LogP contribution < -0.4 is 5.32 Å². The number of rotatable bonds is 8. The van der Waals surface area contributed by atoms with E-state index >= 15 is 0 Å². The Hall–Kier alpha value is -1.30. The predicted octanol–water partition coefficient (Wildman–Crippen LogP) is 2.45. The number of hydrogen-bond acceptors (Lipinski definition) is 2. The van der Waals surface area contributed by atoms with Crippen molar-refractivity contribution in [2.24, 2.45) is 5.92 Å². The Morgan fingerprint density at radius 3 is 2.82 bits per heavy atom. The second-order valence-electron chi connectivity index (χ2n) is 4.26. The average Bonchev–Trinajstić information content (AvgIpc) is 2.36. The monoisotopic (exact) mass is 231 g/mol.